The summed E-state index contributed by atoms with van der Waals surface area (Å²) in [6.45, 7) is 1.65. The van der Waals surface area contributed by atoms with Crippen molar-refractivity contribution in [1.82, 2.24) is 5.16 Å². The fraction of sp³-hybridized carbons (Fsp3) is 0.188. The number of carbonyl (C=O) groups is 1. The fourth-order valence-corrected chi connectivity index (χ4v) is 5.80. The maximum Gasteiger partial charge on any atom is 0.269 e. The van der Waals surface area contributed by atoms with Crippen LogP contribution in [0.1, 0.15) is 35.8 Å². The second kappa shape index (κ2) is 13.0. The lowest BCUT2D eigenvalue weighted by atomic mass is 9.96. The zero-order valence-electron chi connectivity index (χ0n) is 24.0. The first-order valence-corrected chi connectivity index (χ1v) is 15.2. The molecule has 0 amide bonds. The van der Waals surface area contributed by atoms with Gasteiger partial charge in [0.15, 0.2) is 5.82 Å². The number of aryl methyl sites for hydroxylation is 2. The third kappa shape index (κ3) is 7.39. The van der Waals surface area contributed by atoms with Crippen molar-refractivity contribution in [2.45, 2.75) is 37.1 Å². The number of carbonyl (C=O) groups excluding carboxylic acids is 1. The van der Waals surface area contributed by atoms with Crippen LogP contribution < -0.4 is 14.8 Å². The van der Waals surface area contributed by atoms with Crippen LogP contribution in [0.5, 0.6) is 5.75 Å². The zero-order valence-corrected chi connectivity index (χ0v) is 24.8. The van der Waals surface area contributed by atoms with Crippen LogP contribution in [-0.4, -0.2) is 31.4 Å². The number of benzene rings is 4. The van der Waals surface area contributed by atoms with Gasteiger partial charge in [-0.25, -0.2) is 8.42 Å². The molecule has 5 rings (SSSR count). The monoisotopic (exact) mass is 614 g/mol. The molecule has 0 saturated heterocycles. The molecule has 0 aliphatic carbocycles. The Bertz CT molecular complexity index is 1920. The Hall–Kier alpha value is -5.23. The molecule has 1 atom stereocenters. The highest BCUT2D eigenvalue weighted by atomic mass is 32.2. The Morgan fingerprint density at radius 1 is 1.00 bits per heavy atom. The topological polar surface area (TPSA) is 154 Å². The SMILES string of the molecule is COc1ccc2cc(CCC(=O)CC(Nc3ccc(S(=O)(=O)Nc4cc(C)on4)cc3)c3cccc([N+](=O)[O-])c3)ccc2c1. The summed E-state index contributed by atoms with van der Waals surface area (Å²) in [5.74, 6) is 1.27. The molecule has 1 heterocycles. The van der Waals surface area contributed by atoms with Gasteiger partial charge in [0.05, 0.1) is 23.0 Å². The number of nitrogens with one attached hydrogen (secondary N) is 2. The molecule has 0 radical (unpaired) electrons. The molecule has 0 aliphatic rings. The summed E-state index contributed by atoms with van der Waals surface area (Å²) in [6.07, 6.45) is 0.880. The summed E-state index contributed by atoms with van der Waals surface area (Å²) < 4.78 is 38.1. The van der Waals surface area contributed by atoms with E-state index in [0.29, 0.717) is 23.4 Å². The Labute approximate surface area is 254 Å². The van der Waals surface area contributed by atoms with Crippen LogP contribution in [0, 0.1) is 17.0 Å². The smallest absolute Gasteiger partial charge is 0.269 e. The summed E-state index contributed by atoms with van der Waals surface area (Å²) in [5, 5.41) is 20.4. The number of non-ortho nitro benzene ring substituents is 1. The highest BCUT2D eigenvalue weighted by molar-refractivity contribution is 7.92. The molecule has 1 aromatic heterocycles. The van der Waals surface area contributed by atoms with Crippen molar-refractivity contribution >= 4 is 43.8 Å². The molecule has 4 aromatic carbocycles. The van der Waals surface area contributed by atoms with Gasteiger partial charge in [0.2, 0.25) is 0 Å². The molecule has 0 bridgehead atoms. The zero-order chi connectivity index (χ0) is 31.3. The second-order valence-electron chi connectivity index (χ2n) is 10.3. The number of hydrogen-bond acceptors (Lipinski definition) is 9. The van der Waals surface area contributed by atoms with Crippen LogP contribution in [0.25, 0.3) is 10.8 Å². The number of rotatable bonds is 13. The van der Waals surface area contributed by atoms with E-state index in [1.165, 1.54) is 30.3 Å². The second-order valence-corrected chi connectivity index (χ2v) is 12.0. The maximum atomic E-state index is 13.2. The Balaban J connectivity index is 1.30. The number of sulfonamides is 1. The van der Waals surface area contributed by atoms with E-state index in [4.69, 9.17) is 9.26 Å². The highest BCUT2D eigenvalue weighted by Crippen LogP contribution is 2.28. The van der Waals surface area contributed by atoms with Crippen molar-refractivity contribution in [1.29, 1.82) is 0 Å². The third-order valence-corrected chi connectivity index (χ3v) is 8.46. The van der Waals surface area contributed by atoms with Crippen molar-refractivity contribution in [2.75, 3.05) is 17.1 Å². The average molecular weight is 615 g/mol. The molecular formula is C32H30N4O7S. The normalized spacial score (nSPS) is 12.0. The van der Waals surface area contributed by atoms with Crippen molar-refractivity contribution < 1.29 is 27.4 Å². The lowest BCUT2D eigenvalue weighted by Crippen LogP contribution is -2.17. The lowest BCUT2D eigenvalue weighted by Gasteiger charge is -2.20. The van der Waals surface area contributed by atoms with E-state index in [1.807, 2.05) is 36.4 Å². The minimum atomic E-state index is -3.92. The molecule has 5 aromatic rings. The van der Waals surface area contributed by atoms with Crippen LogP contribution in [0.3, 0.4) is 0 Å². The van der Waals surface area contributed by atoms with E-state index in [0.717, 1.165) is 22.1 Å². The van der Waals surface area contributed by atoms with Gasteiger partial charge in [-0.15, -0.1) is 0 Å². The standard InChI is InChI=1S/C32H30N4O7S/c1-21-16-32(34-43-21)35-44(40,41)30-14-10-26(11-15-30)33-31(25-4-3-5-27(18-25)36(38)39)20-28(37)12-7-22-6-8-24-19-29(42-2)13-9-23(24)17-22/h3-6,8-11,13-19,31,33H,7,12,20H2,1-2H3,(H,34,35). The van der Waals surface area contributed by atoms with Crippen molar-refractivity contribution in [3.63, 3.8) is 0 Å². The van der Waals surface area contributed by atoms with Gasteiger partial charge >= 0.3 is 0 Å². The number of anilines is 2. The van der Waals surface area contributed by atoms with Crippen LogP contribution in [0.4, 0.5) is 17.2 Å². The van der Waals surface area contributed by atoms with Gasteiger partial charge in [-0.1, -0.05) is 41.6 Å². The number of methoxy groups -OCH3 is 1. The van der Waals surface area contributed by atoms with Gasteiger partial charge in [0, 0.05) is 36.7 Å². The van der Waals surface area contributed by atoms with Crippen molar-refractivity contribution in [3.8, 4) is 5.75 Å². The van der Waals surface area contributed by atoms with Gasteiger partial charge in [0.1, 0.15) is 17.3 Å². The third-order valence-electron chi connectivity index (χ3n) is 7.09. The summed E-state index contributed by atoms with van der Waals surface area (Å²) in [6, 6.07) is 24.8. The number of nitrogens with zero attached hydrogens (tertiary/aromatic N) is 2. The van der Waals surface area contributed by atoms with Gasteiger partial charge in [-0.2, -0.15) is 0 Å². The van der Waals surface area contributed by atoms with Crippen LogP contribution >= 0.6 is 0 Å². The number of nitro groups is 1. The number of ketones is 1. The van der Waals surface area contributed by atoms with Crippen molar-refractivity contribution in [2.24, 2.45) is 0 Å². The molecule has 0 aliphatic heterocycles. The average Bonchev–Trinajstić information content (AvgIpc) is 3.43. The van der Waals surface area contributed by atoms with E-state index < -0.39 is 21.0 Å². The molecule has 2 N–H and O–H groups in total. The van der Waals surface area contributed by atoms with E-state index in [2.05, 4.69) is 15.2 Å². The molecule has 11 nitrogen and oxygen atoms in total. The minimum absolute atomic E-state index is 0.000470. The highest BCUT2D eigenvalue weighted by Gasteiger charge is 2.20. The fourth-order valence-electron chi connectivity index (χ4n) is 4.82. The van der Waals surface area contributed by atoms with Gasteiger partial charge in [-0.05, 0) is 71.6 Å². The summed E-state index contributed by atoms with van der Waals surface area (Å²) >= 11 is 0. The first kappa shape index (κ1) is 30.2. The molecular weight excluding hydrogens is 584 g/mol. The van der Waals surface area contributed by atoms with Gasteiger partial charge in [0.25, 0.3) is 15.7 Å². The molecule has 0 spiro atoms. The number of fused-ring (bicyclic) bond motifs is 1. The van der Waals surface area contributed by atoms with Crippen LogP contribution in [0.2, 0.25) is 0 Å². The molecule has 0 fully saturated rings. The minimum Gasteiger partial charge on any atom is -0.497 e. The van der Waals surface area contributed by atoms with Crippen LogP contribution in [0.15, 0.2) is 100 Å². The number of Topliss-reactive ketones (excluding diaryl/α,β-unsaturated/α-hetero) is 1. The number of ether oxygens (including phenoxy) is 1. The molecule has 1 unspecified atom stereocenters. The van der Waals surface area contributed by atoms with Gasteiger partial charge < -0.3 is 14.6 Å². The van der Waals surface area contributed by atoms with Gasteiger partial charge in [-0.3, -0.25) is 19.6 Å². The first-order chi connectivity index (χ1) is 21.1. The predicted molar refractivity (Wildman–Crippen MR) is 166 cm³/mol. The summed E-state index contributed by atoms with van der Waals surface area (Å²) in [7, 11) is -2.30. The molecule has 0 saturated carbocycles. The molecule has 226 valence electrons. The predicted octanol–water partition coefficient (Wildman–Crippen LogP) is 6.60. The van der Waals surface area contributed by atoms with E-state index >= 15 is 0 Å². The van der Waals surface area contributed by atoms with Crippen molar-refractivity contribution in [3.05, 3.63) is 118 Å². The molecule has 12 heteroatoms. The largest absolute Gasteiger partial charge is 0.497 e. The summed E-state index contributed by atoms with van der Waals surface area (Å²) in [4.78, 5) is 24.2. The van der Waals surface area contributed by atoms with E-state index in [-0.39, 0.29) is 35.0 Å². The van der Waals surface area contributed by atoms with E-state index in [9.17, 15) is 23.3 Å². The number of nitro benzene ring substituents is 1. The summed E-state index contributed by atoms with van der Waals surface area (Å²) in [5.41, 5.74) is 2.02. The Morgan fingerprint density at radius 2 is 1.75 bits per heavy atom. The Kier molecular flexibility index (Phi) is 8.91. The maximum absolute atomic E-state index is 13.2. The molecule has 44 heavy (non-hydrogen) atoms. The Morgan fingerprint density at radius 3 is 2.45 bits per heavy atom. The number of hydrogen-bond donors (Lipinski definition) is 2. The quantitative estimate of drug-likeness (QED) is 0.110. The first-order valence-electron chi connectivity index (χ1n) is 13.7. The number of aromatic nitrogens is 1. The lowest BCUT2D eigenvalue weighted by molar-refractivity contribution is -0.384. The van der Waals surface area contributed by atoms with E-state index in [1.54, 1.807) is 38.3 Å². The van der Waals surface area contributed by atoms with Crippen LogP contribution in [-0.2, 0) is 21.2 Å².